The lowest BCUT2D eigenvalue weighted by Gasteiger charge is -2.10. The van der Waals surface area contributed by atoms with Crippen LogP contribution in [0.1, 0.15) is 31.7 Å². The molecular weight excluding hydrogens is 212 g/mol. The minimum Gasteiger partial charge on any atom is -0.312 e. The van der Waals surface area contributed by atoms with Crippen molar-refractivity contribution >= 4 is 22.8 Å². The quantitative estimate of drug-likeness (QED) is 0.695. The number of halogens is 1. The fourth-order valence-corrected chi connectivity index (χ4v) is 2.33. The Morgan fingerprint density at radius 1 is 1.40 bits per heavy atom. The van der Waals surface area contributed by atoms with E-state index in [2.05, 4.69) is 25.7 Å². The van der Waals surface area contributed by atoms with Crippen LogP contribution in [0.5, 0.6) is 0 Å². The fourth-order valence-electron chi connectivity index (χ4n) is 2.21. The van der Waals surface area contributed by atoms with E-state index in [0.717, 1.165) is 5.65 Å². The van der Waals surface area contributed by atoms with Gasteiger partial charge in [-0.15, -0.1) is 0 Å². The van der Waals surface area contributed by atoms with Crippen molar-refractivity contribution in [3.8, 4) is 0 Å². The second-order valence-electron chi connectivity index (χ2n) is 3.87. The number of fused-ring (bicyclic) bond motifs is 1. The molecule has 5 heteroatoms. The molecule has 0 aliphatic heterocycles. The van der Waals surface area contributed by atoms with Gasteiger partial charge < -0.3 is 4.57 Å². The molecule has 0 spiro atoms. The minimum absolute atomic E-state index is 0.238. The number of nitrogens with zero attached hydrogens (tertiary/aromatic N) is 4. The van der Waals surface area contributed by atoms with Crippen molar-refractivity contribution in [2.24, 2.45) is 0 Å². The molecule has 2 heterocycles. The maximum Gasteiger partial charge on any atom is 0.225 e. The van der Waals surface area contributed by atoms with Crippen LogP contribution in [0.15, 0.2) is 6.33 Å². The summed E-state index contributed by atoms with van der Waals surface area (Å²) in [6.45, 7) is 0. The highest BCUT2D eigenvalue weighted by molar-refractivity contribution is 6.28. The molecule has 1 aliphatic carbocycles. The molecule has 0 N–H and O–H groups in total. The first-order chi connectivity index (χ1) is 7.34. The Kier molecular flexibility index (Phi) is 2.09. The van der Waals surface area contributed by atoms with Gasteiger partial charge in [0.25, 0.3) is 0 Å². The van der Waals surface area contributed by atoms with E-state index in [1.807, 2.05) is 6.33 Å². The summed E-state index contributed by atoms with van der Waals surface area (Å²) in [6.07, 6.45) is 9.58. The molecular formula is C10H10ClN4. The summed E-state index contributed by atoms with van der Waals surface area (Å²) in [6, 6.07) is 0.523. The number of rotatable bonds is 1. The Morgan fingerprint density at radius 3 is 3.00 bits per heavy atom. The molecule has 0 saturated heterocycles. The molecule has 2 aromatic heterocycles. The maximum absolute atomic E-state index is 5.76. The van der Waals surface area contributed by atoms with Crippen LogP contribution in [0.4, 0.5) is 0 Å². The Morgan fingerprint density at radius 2 is 2.20 bits per heavy atom. The van der Waals surface area contributed by atoms with E-state index in [9.17, 15) is 0 Å². The Labute approximate surface area is 92.3 Å². The van der Waals surface area contributed by atoms with Gasteiger partial charge in [0.1, 0.15) is 11.7 Å². The van der Waals surface area contributed by atoms with Crippen molar-refractivity contribution in [1.82, 2.24) is 19.5 Å². The van der Waals surface area contributed by atoms with E-state index in [1.165, 1.54) is 25.7 Å². The third kappa shape index (κ3) is 1.49. The zero-order chi connectivity index (χ0) is 10.3. The monoisotopic (exact) mass is 221 g/mol. The lowest BCUT2D eigenvalue weighted by molar-refractivity contribution is 0.529. The molecule has 1 fully saturated rings. The molecule has 1 saturated carbocycles. The third-order valence-electron chi connectivity index (χ3n) is 2.94. The predicted molar refractivity (Wildman–Crippen MR) is 56.7 cm³/mol. The van der Waals surface area contributed by atoms with E-state index in [0.29, 0.717) is 11.6 Å². The average Bonchev–Trinajstić information content (AvgIpc) is 2.83. The number of hydrogen-bond donors (Lipinski definition) is 0. The normalized spacial score (nSPS) is 17.7. The van der Waals surface area contributed by atoms with Gasteiger partial charge in [-0.05, 0) is 24.4 Å². The van der Waals surface area contributed by atoms with Gasteiger partial charge in [0.15, 0.2) is 5.65 Å². The lowest BCUT2D eigenvalue weighted by atomic mass is 10.2. The van der Waals surface area contributed by atoms with E-state index in [1.54, 1.807) is 0 Å². The molecule has 0 amide bonds. The summed E-state index contributed by atoms with van der Waals surface area (Å²) in [4.78, 5) is 12.2. The number of hydrogen-bond acceptors (Lipinski definition) is 3. The predicted octanol–water partition coefficient (Wildman–Crippen LogP) is 2.39. The molecule has 2 aromatic rings. The SMILES string of the molecule is Clc1n[c]c2ncn(C3CCCC3)c2n1. The molecule has 0 atom stereocenters. The molecule has 3 rings (SSSR count). The summed E-state index contributed by atoms with van der Waals surface area (Å²) < 4.78 is 2.10. The van der Waals surface area contributed by atoms with Gasteiger partial charge in [-0.3, -0.25) is 0 Å². The van der Waals surface area contributed by atoms with Crippen LogP contribution in [0.25, 0.3) is 11.2 Å². The summed E-state index contributed by atoms with van der Waals surface area (Å²) >= 11 is 5.76. The highest BCUT2D eigenvalue weighted by Crippen LogP contribution is 2.31. The molecule has 0 aromatic carbocycles. The number of aromatic nitrogens is 4. The molecule has 4 nitrogen and oxygen atoms in total. The first-order valence-electron chi connectivity index (χ1n) is 5.12. The molecule has 1 radical (unpaired) electrons. The maximum atomic E-state index is 5.76. The molecule has 1 aliphatic rings. The van der Waals surface area contributed by atoms with Crippen LogP contribution in [0, 0.1) is 6.20 Å². The first kappa shape index (κ1) is 9.09. The molecule has 0 unspecified atom stereocenters. The van der Waals surface area contributed by atoms with Gasteiger partial charge in [-0.1, -0.05) is 12.8 Å². The Balaban J connectivity index is 2.13. The van der Waals surface area contributed by atoms with Gasteiger partial charge in [0.2, 0.25) is 5.28 Å². The summed E-state index contributed by atoms with van der Waals surface area (Å²) in [5.74, 6) is 0. The average molecular weight is 222 g/mol. The minimum atomic E-state index is 0.238. The summed E-state index contributed by atoms with van der Waals surface area (Å²) in [7, 11) is 0. The van der Waals surface area contributed by atoms with Crippen molar-refractivity contribution in [2.75, 3.05) is 0 Å². The van der Waals surface area contributed by atoms with Crippen LogP contribution in [0.2, 0.25) is 5.28 Å². The van der Waals surface area contributed by atoms with Crippen LogP contribution in [-0.4, -0.2) is 19.5 Å². The zero-order valence-corrected chi connectivity index (χ0v) is 8.91. The van der Waals surface area contributed by atoms with E-state index < -0.39 is 0 Å². The Hall–Kier alpha value is -1.16. The van der Waals surface area contributed by atoms with Gasteiger partial charge >= 0.3 is 0 Å². The van der Waals surface area contributed by atoms with E-state index in [4.69, 9.17) is 11.6 Å². The third-order valence-corrected chi connectivity index (χ3v) is 3.11. The van der Waals surface area contributed by atoms with Crippen molar-refractivity contribution < 1.29 is 0 Å². The summed E-state index contributed by atoms with van der Waals surface area (Å²) in [5, 5.41) is 0.238. The smallest absolute Gasteiger partial charge is 0.225 e. The topological polar surface area (TPSA) is 43.6 Å². The van der Waals surface area contributed by atoms with Gasteiger partial charge in [0.05, 0.1) is 6.33 Å². The molecule has 15 heavy (non-hydrogen) atoms. The second-order valence-corrected chi connectivity index (χ2v) is 4.20. The van der Waals surface area contributed by atoms with Gasteiger partial charge in [-0.25, -0.2) is 9.97 Å². The van der Waals surface area contributed by atoms with Crippen LogP contribution < -0.4 is 0 Å². The van der Waals surface area contributed by atoms with Crippen molar-refractivity contribution in [1.29, 1.82) is 0 Å². The van der Waals surface area contributed by atoms with Crippen molar-refractivity contribution in [3.05, 3.63) is 17.8 Å². The zero-order valence-electron chi connectivity index (χ0n) is 8.15. The van der Waals surface area contributed by atoms with Crippen LogP contribution >= 0.6 is 11.6 Å². The van der Waals surface area contributed by atoms with Crippen LogP contribution in [0.3, 0.4) is 0 Å². The number of imidazole rings is 1. The highest BCUT2D eigenvalue weighted by Gasteiger charge is 2.19. The standard InChI is InChI=1S/C10H10ClN4/c11-10-12-5-8-9(14-10)15(6-13-8)7-3-1-2-4-7/h6-7H,1-4H2. The van der Waals surface area contributed by atoms with Crippen molar-refractivity contribution in [2.45, 2.75) is 31.7 Å². The highest BCUT2D eigenvalue weighted by atomic mass is 35.5. The lowest BCUT2D eigenvalue weighted by Crippen LogP contribution is -2.04. The largest absolute Gasteiger partial charge is 0.312 e. The van der Waals surface area contributed by atoms with Crippen LogP contribution in [-0.2, 0) is 0 Å². The fraction of sp³-hybridized carbons (Fsp3) is 0.500. The van der Waals surface area contributed by atoms with Crippen molar-refractivity contribution in [3.63, 3.8) is 0 Å². The first-order valence-corrected chi connectivity index (χ1v) is 5.50. The molecule has 0 bridgehead atoms. The molecule has 77 valence electrons. The van der Waals surface area contributed by atoms with E-state index >= 15 is 0 Å². The Bertz CT molecular complexity index is 487. The van der Waals surface area contributed by atoms with E-state index in [-0.39, 0.29) is 5.28 Å². The van der Waals surface area contributed by atoms with Gasteiger partial charge in [0, 0.05) is 6.04 Å². The second kappa shape index (κ2) is 3.45. The summed E-state index contributed by atoms with van der Waals surface area (Å²) in [5.41, 5.74) is 1.51. The van der Waals surface area contributed by atoms with Gasteiger partial charge in [-0.2, -0.15) is 4.98 Å².